The molecule has 2 heterocycles. The standard InChI is InChI=1S/C11H12F3N3O2/c12-11(13,14)10(7-19-6-5-16-10)9(18)17-8-3-1-2-4-15-8/h1-4,16H,5-7H2,(H,15,17,18). The van der Waals surface area contributed by atoms with Crippen molar-refractivity contribution in [2.75, 3.05) is 25.1 Å². The highest BCUT2D eigenvalue weighted by molar-refractivity contribution is 5.98. The zero-order valence-corrected chi connectivity index (χ0v) is 9.83. The van der Waals surface area contributed by atoms with Crippen LogP contribution < -0.4 is 10.6 Å². The fourth-order valence-electron chi connectivity index (χ4n) is 1.73. The first-order valence-electron chi connectivity index (χ1n) is 5.58. The number of carbonyl (C=O) groups excluding carboxylic acids is 1. The van der Waals surface area contributed by atoms with Crippen LogP contribution in [0.3, 0.4) is 0 Å². The number of alkyl halides is 3. The van der Waals surface area contributed by atoms with Crippen molar-refractivity contribution in [1.82, 2.24) is 10.3 Å². The normalized spacial score (nSPS) is 23.9. The molecule has 19 heavy (non-hydrogen) atoms. The van der Waals surface area contributed by atoms with E-state index in [4.69, 9.17) is 4.74 Å². The zero-order valence-electron chi connectivity index (χ0n) is 9.83. The Balaban J connectivity index is 2.22. The number of ether oxygens (including phenoxy) is 1. The van der Waals surface area contributed by atoms with Gasteiger partial charge in [0.05, 0.1) is 13.2 Å². The second kappa shape index (κ2) is 5.14. The van der Waals surface area contributed by atoms with Crippen LogP contribution in [0, 0.1) is 0 Å². The molecule has 5 nitrogen and oxygen atoms in total. The smallest absolute Gasteiger partial charge is 0.377 e. The Morgan fingerprint density at radius 3 is 2.79 bits per heavy atom. The molecule has 104 valence electrons. The summed E-state index contributed by atoms with van der Waals surface area (Å²) in [7, 11) is 0. The van der Waals surface area contributed by atoms with Crippen molar-refractivity contribution in [2.45, 2.75) is 11.7 Å². The molecule has 0 aliphatic carbocycles. The van der Waals surface area contributed by atoms with Gasteiger partial charge in [-0.3, -0.25) is 10.1 Å². The molecule has 1 saturated heterocycles. The Hall–Kier alpha value is -1.67. The van der Waals surface area contributed by atoms with Crippen LogP contribution in [0.2, 0.25) is 0 Å². The van der Waals surface area contributed by atoms with Crippen molar-refractivity contribution in [2.24, 2.45) is 0 Å². The third-order valence-corrected chi connectivity index (χ3v) is 2.77. The van der Waals surface area contributed by atoms with Crippen molar-refractivity contribution in [1.29, 1.82) is 0 Å². The van der Waals surface area contributed by atoms with Crippen LogP contribution in [0.15, 0.2) is 24.4 Å². The van der Waals surface area contributed by atoms with Crippen molar-refractivity contribution in [3.63, 3.8) is 0 Å². The van der Waals surface area contributed by atoms with Gasteiger partial charge in [-0.1, -0.05) is 6.07 Å². The summed E-state index contributed by atoms with van der Waals surface area (Å²) in [6.45, 7) is -0.668. The largest absolute Gasteiger partial charge is 0.417 e. The van der Waals surface area contributed by atoms with Gasteiger partial charge >= 0.3 is 6.18 Å². The van der Waals surface area contributed by atoms with E-state index in [1.807, 2.05) is 0 Å². The van der Waals surface area contributed by atoms with Gasteiger partial charge in [0.1, 0.15) is 5.82 Å². The van der Waals surface area contributed by atoms with Crippen molar-refractivity contribution in [3.8, 4) is 0 Å². The van der Waals surface area contributed by atoms with Crippen LogP contribution in [0.25, 0.3) is 0 Å². The molecule has 0 bridgehead atoms. The fraction of sp³-hybridized carbons (Fsp3) is 0.455. The molecule has 1 atom stereocenters. The molecule has 1 unspecified atom stereocenters. The number of nitrogens with one attached hydrogen (secondary N) is 2. The van der Waals surface area contributed by atoms with E-state index in [1.165, 1.54) is 12.3 Å². The molecule has 1 fully saturated rings. The monoisotopic (exact) mass is 275 g/mol. The van der Waals surface area contributed by atoms with Crippen LogP contribution in [0.4, 0.5) is 19.0 Å². The molecular weight excluding hydrogens is 263 g/mol. The van der Waals surface area contributed by atoms with E-state index in [0.717, 1.165) is 0 Å². The first-order valence-corrected chi connectivity index (χ1v) is 5.58. The molecule has 0 saturated carbocycles. The number of hydrogen-bond donors (Lipinski definition) is 2. The third-order valence-electron chi connectivity index (χ3n) is 2.77. The van der Waals surface area contributed by atoms with Gasteiger partial charge in [-0.25, -0.2) is 4.98 Å². The van der Waals surface area contributed by atoms with E-state index in [9.17, 15) is 18.0 Å². The fourth-order valence-corrected chi connectivity index (χ4v) is 1.73. The number of amides is 1. The number of pyridine rings is 1. The van der Waals surface area contributed by atoms with E-state index in [2.05, 4.69) is 15.6 Å². The quantitative estimate of drug-likeness (QED) is 0.843. The predicted octanol–water partition coefficient (Wildman–Crippen LogP) is 0.941. The molecule has 0 aromatic carbocycles. The number of aromatic nitrogens is 1. The van der Waals surface area contributed by atoms with Crippen molar-refractivity contribution in [3.05, 3.63) is 24.4 Å². The van der Waals surface area contributed by atoms with Gasteiger partial charge < -0.3 is 10.1 Å². The average molecular weight is 275 g/mol. The number of carbonyl (C=O) groups is 1. The second-order valence-electron chi connectivity index (χ2n) is 4.05. The van der Waals surface area contributed by atoms with Gasteiger partial charge in [-0.05, 0) is 12.1 Å². The van der Waals surface area contributed by atoms with Crippen molar-refractivity contribution < 1.29 is 22.7 Å². The number of hydrogen-bond acceptors (Lipinski definition) is 4. The molecule has 1 aliphatic heterocycles. The first kappa shape index (κ1) is 13.8. The molecule has 1 aliphatic rings. The van der Waals surface area contributed by atoms with E-state index in [1.54, 1.807) is 12.1 Å². The summed E-state index contributed by atoms with van der Waals surface area (Å²) in [6.07, 6.45) is -3.38. The summed E-state index contributed by atoms with van der Waals surface area (Å²) in [6, 6.07) is 4.57. The number of morpholine rings is 1. The Bertz CT molecular complexity index is 444. The molecule has 2 N–H and O–H groups in total. The Labute approximate surface area is 107 Å². The molecule has 0 radical (unpaired) electrons. The van der Waals surface area contributed by atoms with E-state index < -0.39 is 24.2 Å². The summed E-state index contributed by atoms with van der Waals surface area (Å²) in [4.78, 5) is 15.7. The molecule has 1 aromatic rings. The summed E-state index contributed by atoms with van der Waals surface area (Å²) in [5.74, 6) is -1.16. The maximum atomic E-state index is 13.1. The van der Waals surface area contributed by atoms with Gasteiger partial charge in [-0.15, -0.1) is 0 Å². The van der Waals surface area contributed by atoms with Gasteiger partial charge in [0.15, 0.2) is 0 Å². The summed E-state index contributed by atoms with van der Waals surface area (Å²) in [5, 5.41) is 4.35. The van der Waals surface area contributed by atoms with Crippen LogP contribution in [0.1, 0.15) is 0 Å². The van der Waals surface area contributed by atoms with E-state index in [0.29, 0.717) is 0 Å². The van der Waals surface area contributed by atoms with Gasteiger partial charge in [0.2, 0.25) is 5.54 Å². The molecule has 1 amide bonds. The topological polar surface area (TPSA) is 63.2 Å². The predicted molar refractivity (Wildman–Crippen MR) is 60.5 cm³/mol. The lowest BCUT2D eigenvalue weighted by molar-refractivity contribution is -0.216. The van der Waals surface area contributed by atoms with Crippen LogP contribution in [-0.2, 0) is 9.53 Å². The maximum Gasteiger partial charge on any atom is 0.417 e. The molecule has 8 heteroatoms. The highest BCUT2D eigenvalue weighted by Crippen LogP contribution is 2.33. The summed E-state index contributed by atoms with van der Waals surface area (Å²) >= 11 is 0. The molecule has 2 rings (SSSR count). The lowest BCUT2D eigenvalue weighted by Gasteiger charge is -2.37. The minimum atomic E-state index is -4.76. The molecule has 1 aromatic heterocycles. The van der Waals surface area contributed by atoms with Crippen LogP contribution >= 0.6 is 0 Å². The second-order valence-corrected chi connectivity index (χ2v) is 4.05. The first-order chi connectivity index (χ1) is 8.96. The van der Waals surface area contributed by atoms with Gasteiger partial charge in [-0.2, -0.15) is 13.2 Å². The minimum absolute atomic E-state index is 0.0465. The lowest BCUT2D eigenvalue weighted by Crippen LogP contribution is -2.69. The minimum Gasteiger partial charge on any atom is -0.377 e. The zero-order chi connectivity index (χ0) is 13.9. The summed E-state index contributed by atoms with van der Waals surface area (Å²) < 4.78 is 44.2. The maximum absolute atomic E-state index is 13.1. The molecular formula is C11H12F3N3O2. The van der Waals surface area contributed by atoms with E-state index >= 15 is 0 Å². The highest BCUT2D eigenvalue weighted by atomic mass is 19.4. The number of rotatable bonds is 2. The van der Waals surface area contributed by atoms with Crippen LogP contribution in [0.5, 0.6) is 0 Å². The number of nitrogens with zero attached hydrogens (tertiary/aromatic N) is 1. The van der Waals surface area contributed by atoms with Crippen molar-refractivity contribution >= 4 is 11.7 Å². The average Bonchev–Trinajstić information content (AvgIpc) is 2.39. The SMILES string of the molecule is O=C(Nc1ccccn1)C1(C(F)(F)F)COCCN1. The summed E-state index contributed by atoms with van der Waals surface area (Å²) in [5.41, 5.74) is -2.73. The molecule has 0 spiro atoms. The van der Waals surface area contributed by atoms with Gasteiger partial charge in [0.25, 0.3) is 5.91 Å². The van der Waals surface area contributed by atoms with E-state index in [-0.39, 0.29) is 19.0 Å². The lowest BCUT2D eigenvalue weighted by atomic mass is 9.97. The van der Waals surface area contributed by atoms with Crippen LogP contribution in [-0.4, -0.2) is 42.4 Å². The number of anilines is 1. The third kappa shape index (κ3) is 2.69. The number of halogens is 3. The Morgan fingerprint density at radius 2 is 2.26 bits per heavy atom. The van der Waals surface area contributed by atoms with Gasteiger partial charge in [0, 0.05) is 12.7 Å². The Morgan fingerprint density at radius 1 is 1.47 bits per heavy atom. The Kier molecular flexibility index (Phi) is 3.72. The highest BCUT2D eigenvalue weighted by Gasteiger charge is 2.61.